The van der Waals surface area contributed by atoms with Gasteiger partial charge in [-0.3, -0.25) is 4.79 Å². The highest BCUT2D eigenvalue weighted by molar-refractivity contribution is 5.75. The van der Waals surface area contributed by atoms with Crippen LogP contribution >= 0.6 is 0 Å². The van der Waals surface area contributed by atoms with Gasteiger partial charge >= 0.3 is 0 Å². The zero-order valence-corrected chi connectivity index (χ0v) is 13.4. The monoisotopic (exact) mass is 289 g/mol. The fraction of sp³-hybridized carbons (Fsp3) is 0.933. The quantitative estimate of drug-likeness (QED) is 0.528. The summed E-state index contributed by atoms with van der Waals surface area (Å²) >= 11 is 0. The molecule has 0 rings (SSSR count). The average Bonchev–Trinajstić information content (AvgIpc) is 2.36. The summed E-state index contributed by atoms with van der Waals surface area (Å²) in [6.45, 7) is 11.0. The summed E-state index contributed by atoms with van der Waals surface area (Å²) in [5.74, 6) is 0.0802. The van der Waals surface area contributed by atoms with Crippen LogP contribution in [0.15, 0.2) is 0 Å². The lowest BCUT2D eigenvalue weighted by atomic mass is 10.2. The van der Waals surface area contributed by atoms with Crippen LogP contribution in [-0.2, 0) is 19.0 Å². The van der Waals surface area contributed by atoms with Gasteiger partial charge in [0.25, 0.3) is 0 Å². The first-order valence-corrected chi connectivity index (χ1v) is 7.60. The van der Waals surface area contributed by atoms with E-state index in [2.05, 4.69) is 5.32 Å². The smallest absolute Gasteiger partial charge is 0.220 e. The normalized spacial score (nSPS) is 11.3. The second-order valence-electron chi connectivity index (χ2n) is 5.26. The lowest BCUT2D eigenvalue weighted by Gasteiger charge is -2.09. The Bertz CT molecular complexity index is 232. The van der Waals surface area contributed by atoms with Gasteiger partial charge in [-0.15, -0.1) is 0 Å². The number of rotatable bonds is 13. The molecule has 5 heteroatoms. The molecule has 0 spiro atoms. The van der Waals surface area contributed by atoms with Gasteiger partial charge in [0, 0.05) is 19.6 Å². The summed E-state index contributed by atoms with van der Waals surface area (Å²) < 4.78 is 16.1. The third-order valence-corrected chi connectivity index (χ3v) is 2.50. The standard InChI is InChI=1S/C15H31NO4/c1-13(2)19-9-6-5-7-15(17)16-8-10-18-11-12-20-14(3)4/h13-14H,5-12H2,1-4H3,(H,16,17). The van der Waals surface area contributed by atoms with E-state index in [0.29, 0.717) is 32.8 Å². The second kappa shape index (κ2) is 13.3. The van der Waals surface area contributed by atoms with E-state index in [1.54, 1.807) is 0 Å². The summed E-state index contributed by atoms with van der Waals surface area (Å²) in [5.41, 5.74) is 0. The summed E-state index contributed by atoms with van der Waals surface area (Å²) in [5, 5.41) is 2.84. The Kier molecular flexibility index (Phi) is 12.9. The Labute approximate surface area is 123 Å². The third-order valence-electron chi connectivity index (χ3n) is 2.50. The van der Waals surface area contributed by atoms with Crippen molar-refractivity contribution in [3.05, 3.63) is 0 Å². The average molecular weight is 289 g/mol. The maximum Gasteiger partial charge on any atom is 0.220 e. The zero-order chi connectivity index (χ0) is 15.2. The molecule has 0 aliphatic carbocycles. The Morgan fingerprint density at radius 2 is 1.55 bits per heavy atom. The maximum absolute atomic E-state index is 11.5. The molecule has 0 saturated heterocycles. The SMILES string of the molecule is CC(C)OCCCCC(=O)NCCOCCOC(C)C. The lowest BCUT2D eigenvalue weighted by molar-refractivity contribution is -0.121. The van der Waals surface area contributed by atoms with E-state index < -0.39 is 0 Å². The van der Waals surface area contributed by atoms with Crippen LogP contribution in [0.1, 0.15) is 47.0 Å². The summed E-state index contributed by atoms with van der Waals surface area (Å²) in [4.78, 5) is 11.5. The molecule has 0 bridgehead atoms. The van der Waals surface area contributed by atoms with Crippen LogP contribution in [0.5, 0.6) is 0 Å². The van der Waals surface area contributed by atoms with Crippen molar-refractivity contribution < 1.29 is 19.0 Å². The van der Waals surface area contributed by atoms with Crippen molar-refractivity contribution in [3.63, 3.8) is 0 Å². The van der Waals surface area contributed by atoms with Gasteiger partial charge in [0.2, 0.25) is 5.91 Å². The third kappa shape index (κ3) is 15.4. The highest BCUT2D eigenvalue weighted by atomic mass is 16.5. The van der Waals surface area contributed by atoms with E-state index in [1.807, 2.05) is 27.7 Å². The summed E-state index contributed by atoms with van der Waals surface area (Å²) in [7, 11) is 0. The molecule has 20 heavy (non-hydrogen) atoms. The first-order valence-electron chi connectivity index (χ1n) is 7.60. The van der Waals surface area contributed by atoms with E-state index >= 15 is 0 Å². The van der Waals surface area contributed by atoms with E-state index in [4.69, 9.17) is 14.2 Å². The van der Waals surface area contributed by atoms with Crippen molar-refractivity contribution in [2.24, 2.45) is 0 Å². The van der Waals surface area contributed by atoms with Crippen LogP contribution in [0.4, 0.5) is 0 Å². The largest absolute Gasteiger partial charge is 0.379 e. The second-order valence-corrected chi connectivity index (χ2v) is 5.26. The minimum atomic E-state index is 0.0802. The topological polar surface area (TPSA) is 56.8 Å². The number of nitrogens with one attached hydrogen (secondary N) is 1. The highest BCUT2D eigenvalue weighted by Crippen LogP contribution is 1.98. The molecule has 0 saturated carbocycles. The molecule has 0 heterocycles. The van der Waals surface area contributed by atoms with E-state index in [1.165, 1.54) is 0 Å². The Morgan fingerprint density at radius 1 is 0.900 bits per heavy atom. The van der Waals surface area contributed by atoms with Crippen LogP contribution < -0.4 is 5.32 Å². The molecule has 1 N–H and O–H groups in total. The lowest BCUT2D eigenvalue weighted by Crippen LogP contribution is -2.27. The molecule has 0 aromatic rings. The number of carbonyl (C=O) groups is 1. The summed E-state index contributed by atoms with van der Waals surface area (Å²) in [6, 6.07) is 0. The zero-order valence-electron chi connectivity index (χ0n) is 13.4. The maximum atomic E-state index is 11.5. The number of hydrogen-bond acceptors (Lipinski definition) is 4. The van der Waals surface area contributed by atoms with E-state index in [0.717, 1.165) is 19.4 Å². The molecule has 0 atom stereocenters. The first-order chi connectivity index (χ1) is 9.52. The van der Waals surface area contributed by atoms with Gasteiger partial charge in [-0.2, -0.15) is 0 Å². The molecule has 0 aliphatic heterocycles. The molecule has 0 aromatic heterocycles. The van der Waals surface area contributed by atoms with Gasteiger partial charge in [-0.1, -0.05) is 0 Å². The van der Waals surface area contributed by atoms with Crippen molar-refractivity contribution in [2.75, 3.05) is 33.0 Å². The molecule has 1 amide bonds. The van der Waals surface area contributed by atoms with Crippen LogP contribution in [-0.4, -0.2) is 51.1 Å². The van der Waals surface area contributed by atoms with Crippen LogP contribution in [0, 0.1) is 0 Å². The minimum absolute atomic E-state index is 0.0802. The number of amides is 1. The van der Waals surface area contributed by atoms with Crippen LogP contribution in [0.2, 0.25) is 0 Å². The van der Waals surface area contributed by atoms with Gasteiger partial charge < -0.3 is 19.5 Å². The molecule has 0 unspecified atom stereocenters. The molecule has 0 aliphatic rings. The number of hydrogen-bond donors (Lipinski definition) is 1. The number of carbonyl (C=O) groups excluding carboxylic acids is 1. The molecule has 120 valence electrons. The minimum Gasteiger partial charge on any atom is -0.379 e. The van der Waals surface area contributed by atoms with E-state index in [9.17, 15) is 4.79 Å². The fourth-order valence-corrected chi connectivity index (χ4v) is 1.50. The Morgan fingerprint density at radius 3 is 2.20 bits per heavy atom. The number of ether oxygens (including phenoxy) is 3. The molecular weight excluding hydrogens is 258 g/mol. The van der Waals surface area contributed by atoms with Crippen LogP contribution in [0.25, 0.3) is 0 Å². The Hall–Kier alpha value is -0.650. The molecule has 0 fully saturated rings. The van der Waals surface area contributed by atoms with Gasteiger partial charge in [0.05, 0.1) is 32.0 Å². The van der Waals surface area contributed by atoms with Gasteiger partial charge in [-0.05, 0) is 40.5 Å². The summed E-state index contributed by atoms with van der Waals surface area (Å²) in [6.07, 6.45) is 2.84. The Balaban J connectivity index is 3.20. The van der Waals surface area contributed by atoms with Crippen molar-refractivity contribution in [3.8, 4) is 0 Å². The van der Waals surface area contributed by atoms with Gasteiger partial charge in [-0.25, -0.2) is 0 Å². The van der Waals surface area contributed by atoms with E-state index in [-0.39, 0.29) is 18.1 Å². The predicted octanol–water partition coefficient (Wildman–Crippen LogP) is 2.14. The molecule has 5 nitrogen and oxygen atoms in total. The molecule has 0 aromatic carbocycles. The fourth-order valence-electron chi connectivity index (χ4n) is 1.50. The highest BCUT2D eigenvalue weighted by Gasteiger charge is 2.01. The molecular formula is C15H31NO4. The molecule has 0 radical (unpaired) electrons. The first kappa shape index (κ1) is 19.4. The van der Waals surface area contributed by atoms with Crippen molar-refractivity contribution in [1.82, 2.24) is 5.32 Å². The van der Waals surface area contributed by atoms with Crippen molar-refractivity contribution in [1.29, 1.82) is 0 Å². The van der Waals surface area contributed by atoms with Crippen molar-refractivity contribution in [2.45, 2.75) is 59.2 Å². The van der Waals surface area contributed by atoms with Gasteiger partial charge in [0.15, 0.2) is 0 Å². The van der Waals surface area contributed by atoms with Gasteiger partial charge in [0.1, 0.15) is 0 Å². The number of unbranched alkanes of at least 4 members (excludes halogenated alkanes) is 1. The van der Waals surface area contributed by atoms with Crippen molar-refractivity contribution >= 4 is 5.91 Å². The van der Waals surface area contributed by atoms with Crippen LogP contribution in [0.3, 0.4) is 0 Å². The predicted molar refractivity (Wildman–Crippen MR) is 79.9 cm³/mol.